The van der Waals surface area contributed by atoms with Gasteiger partial charge in [-0.15, -0.1) is 10.2 Å². The van der Waals surface area contributed by atoms with Gasteiger partial charge in [-0.1, -0.05) is 43.3 Å². The Morgan fingerprint density at radius 2 is 1.68 bits per heavy atom. The first-order valence-corrected chi connectivity index (χ1v) is 12.0. The number of nitrogens with one attached hydrogen (secondary N) is 2. The molecule has 0 unspecified atom stereocenters. The van der Waals surface area contributed by atoms with Gasteiger partial charge in [-0.2, -0.15) is 0 Å². The summed E-state index contributed by atoms with van der Waals surface area (Å²) in [5, 5.41) is 15.0. The van der Waals surface area contributed by atoms with Gasteiger partial charge in [-0.25, -0.2) is 4.39 Å². The summed E-state index contributed by atoms with van der Waals surface area (Å²) in [5.41, 5.74) is 4.39. The second kappa shape index (κ2) is 10.8. The van der Waals surface area contributed by atoms with Gasteiger partial charge in [0.25, 0.3) is 5.91 Å². The Morgan fingerprint density at radius 1 is 1.06 bits per heavy atom. The van der Waals surface area contributed by atoms with Crippen molar-refractivity contribution in [3.8, 4) is 0 Å². The Bertz CT molecular complexity index is 1170. The molecule has 0 radical (unpaired) electrons. The lowest BCUT2D eigenvalue weighted by atomic mass is 10.0. The fraction of sp³-hybridized carbons (Fsp3) is 0.360. The van der Waals surface area contributed by atoms with Crippen LogP contribution < -0.4 is 10.6 Å². The SMILES string of the molecule is Cc1cc(C)c(NC(=O)CSc2nnc([C@@H](NC(=O)c3ccc(F)cc3)C(C)C)n2C)c(C)c1. The van der Waals surface area contributed by atoms with Crippen molar-refractivity contribution in [2.45, 2.75) is 45.8 Å². The topological polar surface area (TPSA) is 88.9 Å². The molecule has 0 saturated heterocycles. The summed E-state index contributed by atoms with van der Waals surface area (Å²) in [7, 11) is 1.81. The molecule has 2 aromatic carbocycles. The van der Waals surface area contributed by atoms with Gasteiger partial charge in [0.05, 0.1) is 11.8 Å². The number of nitrogens with zero attached hydrogens (tertiary/aromatic N) is 3. The normalized spacial score (nSPS) is 12.0. The Hall–Kier alpha value is -3.20. The standard InChI is InChI=1S/C25H30FN5O2S/c1-14(2)21(28-24(33)18-7-9-19(26)10-8-18)23-29-30-25(31(23)6)34-13-20(32)27-22-16(4)11-15(3)12-17(22)5/h7-12,14,21H,13H2,1-6H3,(H,27,32)(H,28,33)/t21-/m0/s1. The molecule has 3 aromatic rings. The maximum Gasteiger partial charge on any atom is 0.251 e. The molecule has 0 fully saturated rings. The molecule has 2 N–H and O–H groups in total. The lowest BCUT2D eigenvalue weighted by molar-refractivity contribution is -0.113. The highest BCUT2D eigenvalue weighted by Crippen LogP contribution is 2.26. The number of carbonyl (C=O) groups excluding carboxylic acids is 2. The summed E-state index contributed by atoms with van der Waals surface area (Å²) in [6.45, 7) is 9.92. The molecule has 0 saturated carbocycles. The molecule has 1 heterocycles. The zero-order valence-corrected chi connectivity index (χ0v) is 21.1. The molecule has 7 nitrogen and oxygen atoms in total. The van der Waals surface area contributed by atoms with Gasteiger partial charge in [-0.05, 0) is 62.1 Å². The van der Waals surface area contributed by atoms with E-state index < -0.39 is 11.9 Å². The largest absolute Gasteiger partial charge is 0.342 e. The molecule has 1 aromatic heterocycles. The van der Waals surface area contributed by atoms with Crippen molar-refractivity contribution in [2.75, 3.05) is 11.1 Å². The number of halogens is 1. The summed E-state index contributed by atoms with van der Waals surface area (Å²) < 4.78 is 15.0. The first-order valence-electron chi connectivity index (χ1n) is 11.0. The van der Waals surface area contributed by atoms with Gasteiger partial charge in [0.1, 0.15) is 5.82 Å². The number of hydrogen-bond acceptors (Lipinski definition) is 5. The number of amides is 2. The number of anilines is 1. The summed E-state index contributed by atoms with van der Waals surface area (Å²) in [4.78, 5) is 25.3. The van der Waals surface area contributed by atoms with Crippen LogP contribution in [0.25, 0.3) is 0 Å². The highest BCUT2D eigenvalue weighted by molar-refractivity contribution is 7.99. The second-order valence-corrected chi connectivity index (χ2v) is 9.65. The minimum atomic E-state index is -0.406. The van der Waals surface area contributed by atoms with Crippen LogP contribution in [0.15, 0.2) is 41.6 Å². The molecule has 34 heavy (non-hydrogen) atoms. The highest BCUT2D eigenvalue weighted by atomic mass is 32.2. The smallest absolute Gasteiger partial charge is 0.251 e. The van der Waals surface area contributed by atoms with Gasteiger partial charge in [0, 0.05) is 18.3 Å². The zero-order valence-electron chi connectivity index (χ0n) is 20.3. The molecule has 0 spiro atoms. The fourth-order valence-electron chi connectivity index (χ4n) is 3.76. The molecule has 0 aliphatic carbocycles. The number of aryl methyl sites for hydroxylation is 3. The minimum Gasteiger partial charge on any atom is -0.342 e. The fourth-order valence-corrected chi connectivity index (χ4v) is 4.48. The van der Waals surface area contributed by atoms with Crippen molar-refractivity contribution in [1.82, 2.24) is 20.1 Å². The van der Waals surface area contributed by atoms with Gasteiger partial charge in [0.15, 0.2) is 11.0 Å². The lowest BCUT2D eigenvalue weighted by Gasteiger charge is -2.21. The monoisotopic (exact) mass is 483 g/mol. The van der Waals surface area contributed by atoms with E-state index in [4.69, 9.17) is 0 Å². The molecular formula is C25H30FN5O2S. The van der Waals surface area contributed by atoms with E-state index in [1.54, 1.807) is 4.57 Å². The van der Waals surface area contributed by atoms with E-state index in [1.807, 2.05) is 53.8 Å². The summed E-state index contributed by atoms with van der Waals surface area (Å²) >= 11 is 1.28. The van der Waals surface area contributed by atoms with Gasteiger partial charge >= 0.3 is 0 Å². The maximum absolute atomic E-state index is 13.2. The molecule has 3 rings (SSSR count). The average molecular weight is 484 g/mol. The van der Waals surface area contributed by atoms with Crippen LogP contribution >= 0.6 is 11.8 Å². The van der Waals surface area contributed by atoms with Gasteiger partial charge < -0.3 is 15.2 Å². The van der Waals surface area contributed by atoms with Crippen molar-refractivity contribution < 1.29 is 14.0 Å². The van der Waals surface area contributed by atoms with E-state index >= 15 is 0 Å². The van der Waals surface area contributed by atoms with E-state index in [1.165, 1.54) is 36.0 Å². The summed E-state index contributed by atoms with van der Waals surface area (Å²) in [6, 6.07) is 9.05. The van der Waals surface area contributed by atoms with E-state index in [0.29, 0.717) is 16.5 Å². The molecule has 0 bridgehead atoms. The van der Waals surface area contributed by atoms with E-state index in [-0.39, 0.29) is 23.5 Å². The summed E-state index contributed by atoms with van der Waals surface area (Å²) in [5.74, 6) is -0.0653. The number of rotatable bonds is 8. The van der Waals surface area contributed by atoms with Crippen LogP contribution in [-0.4, -0.2) is 32.3 Å². The van der Waals surface area contributed by atoms with Gasteiger partial charge in [-0.3, -0.25) is 9.59 Å². The van der Waals surface area contributed by atoms with Crippen LogP contribution in [0.4, 0.5) is 10.1 Å². The maximum atomic E-state index is 13.2. The predicted octanol–water partition coefficient (Wildman–Crippen LogP) is 4.74. The molecular weight excluding hydrogens is 453 g/mol. The van der Waals surface area contributed by atoms with Crippen molar-refractivity contribution >= 4 is 29.3 Å². The number of benzene rings is 2. The number of thioether (sulfide) groups is 1. The third-order valence-corrected chi connectivity index (χ3v) is 6.50. The third kappa shape index (κ3) is 6.02. The second-order valence-electron chi connectivity index (χ2n) is 8.71. The predicted molar refractivity (Wildman–Crippen MR) is 132 cm³/mol. The Kier molecular flexibility index (Phi) is 8.09. The molecule has 180 valence electrons. The van der Waals surface area contributed by atoms with Gasteiger partial charge in [0.2, 0.25) is 5.91 Å². The van der Waals surface area contributed by atoms with Crippen molar-refractivity contribution in [3.05, 3.63) is 70.3 Å². The Balaban J connectivity index is 1.68. The molecule has 1 atom stereocenters. The zero-order chi connectivity index (χ0) is 25.0. The Labute approximate surface area is 203 Å². The molecule has 9 heteroatoms. The molecule has 0 aliphatic heterocycles. The third-order valence-electron chi connectivity index (χ3n) is 5.48. The first-order chi connectivity index (χ1) is 16.1. The van der Waals surface area contributed by atoms with Crippen LogP contribution in [-0.2, 0) is 11.8 Å². The molecule has 2 amide bonds. The van der Waals surface area contributed by atoms with Crippen molar-refractivity contribution in [1.29, 1.82) is 0 Å². The van der Waals surface area contributed by atoms with E-state index in [0.717, 1.165) is 22.4 Å². The number of carbonyl (C=O) groups is 2. The molecule has 0 aliphatic rings. The highest BCUT2D eigenvalue weighted by Gasteiger charge is 2.25. The van der Waals surface area contributed by atoms with Crippen molar-refractivity contribution in [3.63, 3.8) is 0 Å². The lowest BCUT2D eigenvalue weighted by Crippen LogP contribution is -2.33. The van der Waals surface area contributed by atoms with Crippen LogP contribution in [0.3, 0.4) is 0 Å². The first kappa shape index (κ1) is 25.4. The number of hydrogen-bond donors (Lipinski definition) is 2. The van der Waals surface area contributed by atoms with Crippen LogP contribution in [0.2, 0.25) is 0 Å². The number of aromatic nitrogens is 3. The average Bonchev–Trinajstić information content (AvgIpc) is 3.13. The van der Waals surface area contributed by atoms with E-state index in [9.17, 15) is 14.0 Å². The van der Waals surface area contributed by atoms with E-state index in [2.05, 4.69) is 20.8 Å². The van der Waals surface area contributed by atoms with Crippen LogP contribution in [0.5, 0.6) is 0 Å². The van der Waals surface area contributed by atoms with Crippen molar-refractivity contribution in [2.24, 2.45) is 13.0 Å². The summed E-state index contributed by atoms with van der Waals surface area (Å²) in [6.07, 6.45) is 0. The minimum absolute atomic E-state index is 0.0286. The quantitative estimate of drug-likeness (QED) is 0.452. The Morgan fingerprint density at radius 3 is 2.26 bits per heavy atom. The van der Waals surface area contributed by atoms with Crippen LogP contribution in [0.1, 0.15) is 52.8 Å². The van der Waals surface area contributed by atoms with Crippen LogP contribution in [0, 0.1) is 32.5 Å².